The summed E-state index contributed by atoms with van der Waals surface area (Å²) in [6, 6.07) is 22.2. The quantitative estimate of drug-likeness (QED) is 0.523. The van der Waals surface area contributed by atoms with Crippen molar-refractivity contribution in [1.82, 2.24) is 19.8 Å². The molecule has 29 heavy (non-hydrogen) atoms. The second kappa shape index (κ2) is 7.75. The molecule has 4 aromatic rings. The summed E-state index contributed by atoms with van der Waals surface area (Å²) in [7, 11) is 1.58. The number of tetrazole rings is 1. The maximum Gasteiger partial charge on any atom is 0.368 e. The highest BCUT2D eigenvalue weighted by Crippen LogP contribution is 2.26. The second-order valence-corrected chi connectivity index (χ2v) is 7.05. The maximum atomic E-state index is 12.3. The Morgan fingerprint density at radius 2 is 1.66 bits per heavy atom. The summed E-state index contributed by atoms with van der Waals surface area (Å²) < 4.78 is 8.60. The fourth-order valence-corrected chi connectivity index (χ4v) is 3.20. The van der Waals surface area contributed by atoms with Gasteiger partial charge in [-0.3, -0.25) is 0 Å². The van der Waals surface area contributed by atoms with E-state index in [1.165, 1.54) is 14.9 Å². The molecule has 6 nitrogen and oxygen atoms in total. The van der Waals surface area contributed by atoms with E-state index in [1.54, 1.807) is 7.05 Å². The van der Waals surface area contributed by atoms with Gasteiger partial charge in [0.2, 0.25) is 0 Å². The highest BCUT2D eigenvalue weighted by Gasteiger charge is 2.13. The average Bonchev–Trinajstić information content (AvgIpc) is 3.06. The van der Waals surface area contributed by atoms with E-state index in [0.717, 1.165) is 28.0 Å². The van der Waals surface area contributed by atoms with Gasteiger partial charge in [-0.05, 0) is 59.2 Å². The van der Waals surface area contributed by atoms with Gasteiger partial charge >= 0.3 is 5.69 Å². The normalized spacial score (nSPS) is 10.9. The highest BCUT2D eigenvalue weighted by atomic mass is 16.5. The lowest BCUT2D eigenvalue weighted by atomic mass is 10.0. The van der Waals surface area contributed by atoms with Crippen molar-refractivity contribution in [2.75, 3.05) is 0 Å². The maximum absolute atomic E-state index is 12.3. The van der Waals surface area contributed by atoms with Gasteiger partial charge in [0.05, 0.1) is 5.69 Å². The average molecular weight is 386 g/mol. The Hall–Kier alpha value is -3.67. The minimum absolute atomic E-state index is 0.293. The highest BCUT2D eigenvalue weighted by molar-refractivity contribution is 5.65. The number of ether oxygens (including phenoxy) is 1. The van der Waals surface area contributed by atoms with Crippen LogP contribution in [0.4, 0.5) is 0 Å². The Morgan fingerprint density at radius 1 is 0.897 bits per heavy atom. The molecule has 0 aliphatic carbocycles. The SMILES string of the molecule is Cc1ccc(-c2cccc(OCc3c(C)cccc3-n3nnn(C)c3=O)c2)cc1. The summed E-state index contributed by atoms with van der Waals surface area (Å²) in [5, 5.41) is 7.77. The van der Waals surface area contributed by atoms with E-state index in [1.807, 2.05) is 43.3 Å². The van der Waals surface area contributed by atoms with Crippen LogP contribution < -0.4 is 10.4 Å². The van der Waals surface area contributed by atoms with Crippen LogP contribution in [0.1, 0.15) is 16.7 Å². The fourth-order valence-electron chi connectivity index (χ4n) is 3.20. The van der Waals surface area contributed by atoms with Crippen LogP contribution in [0, 0.1) is 13.8 Å². The molecule has 0 N–H and O–H groups in total. The van der Waals surface area contributed by atoms with E-state index >= 15 is 0 Å². The van der Waals surface area contributed by atoms with Gasteiger partial charge in [0.1, 0.15) is 12.4 Å². The molecule has 1 heterocycles. The van der Waals surface area contributed by atoms with Crippen LogP contribution >= 0.6 is 0 Å². The summed E-state index contributed by atoms with van der Waals surface area (Å²) in [6.45, 7) is 4.39. The van der Waals surface area contributed by atoms with Crippen molar-refractivity contribution >= 4 is 0 Å². The molecular weight excluding hydrogens is 364 g/mol. The standard InChI is InChI=1S/C23H22N4O2/c1-16-10-12-18(13-11-16)19-7-5-8-20(14-19)29-15-21-17(2)6-4-9-22(21)27-23(28)26(3)24-25-27/h4-14H,15H2,1-3H3. The number of hydrogen-bond acceptors (Lipinski definition) is 4. The number of aryl methyl sites for hydroxylation is 3. The first-order chi connectivity index (χ1) is 14.0. The number of benzene rings is 3. The summed E-state index contributed by atoms with van der Waals surface area (Å²) in [5.41, 5.74) is 5.77. The lowest BCUT2D eigenvalue weighted by molar-refractivity contribution is 0.305. The van der Waals surface area contributed by atoms with E-state index in [-0.39, 0.29) is 5.69 Å². The Morgan fingerprint density at radius 3 is 2.38 bits per heavy atom. The predicted molar refractivity (Wildman–Crippen MR) is 112 cm³/mol. The molecule has 0 radical (unpaired) electrons. The van der Waals surface area contributed by atoms with Gasteiger partial charge < -0.3 is 4.74 Å². The van der Waals surface area contributed by atoms with Crippen LogP contribution in [0.3, 0.4) is 0 Å². The molecule has 0 fully saturated rings. The van der Waals surface area contributed by atoms with Gasteiger partial charge in [-0.1, -0.05) is 54.1 Å². The van der Waals surface area contributed by atoms with Crippen molar-refractivity contribution in [2.45, 2.75) is 20.5 Å². The molecule has 0 unspecified atom stereocenters. The van der Waals surface area contributed by atoms with E-state index in [9.17, 15) is 4.79 Å². The monoisotopic (exact) mass is 386 g/mol. The first-order valence-electron chi connectivity index (χ1n) is 9.41. The number of aromatic nitrogens is 4. The van der Waals surface area contributed by atoms with Crippen LogP contribution in [0.5, 0.6) is 5.75 Å². The Balaban J connectivity index is 1.62. The number of hydrogen-bond donors (Lipinski definition) is 0. The molecule has 0 amide bonds. The summed E-state index contributed by atoms with van der Waals surface area (Å²) in [6.07, 6.45) is 0. The van der Waals surface area contributed by atoms with E-state index < -0.39 is 0 Å². The van der Waals surface area contributed by atoms with Crippen molar-refractivity contribution < 1.29 is 4.74 Å². The Labute approximate surface area is 169 Å². The third kappa shape index (κ3) is 3.82. The van der Waals surface area contributed by atoms with Crippen LogP contribution in [0.15, 0.2) is 71.5 Å². The van der Waals surface area contributed by atoms with Gasteiger partial charge in [0.25, 0.3) is 0 Å². The van der Waals surface area contributed by atoms with E-state index in [4.69, 9.17) is 4.74 Å². The summed E-state index contributed by atoms with van der Waals surface area (Å²) in [4.78, 5) is 12.3. The second-order valence-electron chi connectivity index (χ2n) is 7.05. The van der Waals surface area contributed by atoms with Gasteiger partial charge in [0, 0.05) is 12.6 Å². The molecule has 3 aromatic carbocycles. The molecule has 6 heteroatoms. The van der Waals surface area contributed by atoms with Crippen LogP contribution in [-0.2, 0) is 13.7 Å². The lowest BCUT2D eigenvalue weighted by Gasteiger charge is -2.13. The number of rotatable bonds is 5. The third-order valence-electron chi connectivity index (χ3n) is 4.94. The minimum atomic E-state index is -0.293. The molecule has 0 aliphatic rings. The van der Waals surface area contributed by atoms with Crippen LogP contribution in [0.2, 0.25) is 0 Å². The molecular formula is C23H22N4O2. The molecule has 4 rings (SSSR count). The molecule has 0 spiro atoms. The minimum Gasteiger partial charge on any atom is -0.489 e. The van der Waals surface area contributed by atoms with Crippen molar-refractivity contribution in [1.29, 1.82) is 0 Å². The Kier molecular flexibility index (Phi) is 4.99. The van der Waals surface area contributed by atoms with Gasteiger partial charge in [-0.15, -0.1) is 0 Å². The lowest BCUT2D eigenvalue weighted by Crippen LogP contribution is -2.23. The first-order valence-corrected chi connectivity index (χ1v) is 9.41. The van der Waals surface area contributed by atoms with Crippen molar-refractivity contribution in [2.24, 2.45) is 7.05 Å². The van der Waals surface area contributed by atoms with Crippen LogP contribution in [-0.4, -0.2) is 19.8 Å². The smallest absolute Gasteiger partial charge is 0.368 e. The largest absolute Gasteiger partial charge is 0.489 e. The van der Waals surface area contributed by atoms with Crippen molar-refractivity contribution in [3.05, 3.63) is 93.9 Å². The zero-order valence-electron chi connectivity index (χ0n) is 16.7. The molecule has 0 saturated heterocycles. The van der Waals surface area contributed by atoms with Crippen molar-refractivity contribution in [3.63, 3.8) is 0 Å². The van der Waals surface area contributed by atoms with Gasteiger partial charge in [0.15, 0.2) is 0 Å². The molecule has 146 valence electrons. The van der Waals surface area contributed by atoms with Crippen LogP contribution in [0.25, 0.3) is 16.8 Å². The number of nitrogens with zero attached hydrogens (tertiary/aromatic N) is 4. The summed E-state index contributed by atoms with van der Waals surface area (Å²) >= 11 is 0. The molecule has 0 aliphatic heterocycles. The third-order valence-corrected chi connectivity index (χ3v) is 4.94. The first kappa shape index (κ1) is 18.7. The van der Waals surface area contributed by atoms with Gasteiger partial charge in [-0.2, -0.15) is 9.36 Å². The topological polar surface area (TPSA) is 61.9 Å². The molecule has 0 saturated carbocycles. The summed E-state index contributed by atoms with van der Waals surface area (Å²) in [5.74, 6) is 0.767. The molecule has 0 atom stereocenters. The fraction of sp³-hybridized carbons (Fsp3) is 0.174. The zero-order chi connectivity index (χ0) is 20.4. The Bertz CT molecular complexity index is 1210. The predicted octanol–water partition coefficient (Wildman–Crippen LogP) is 3.83. The van der Waals surface area contributed by atoms with E-state index in [0.29, 0.717) is 12.3 Å². The molecule has 1 aromatic heterocycles. The van der Waals surface area contributed by atoms with E-state index in [2.05, 4.69) is 47.7 Å². The zero-order valence-corrected chi connectivity index (χ0v) is 16.7. The van der Waals surface area contributed by atoms with Gasteiger partial charge in [-0.25, -0.2) is 4.79 Å². The molecule has 0 bridgehead atoms. The van der Waals surface area contributed by atoms with Crippen molar-refractivity contribution in [3.8, 4) is 22.6 Å².